The third-order valence-corrected chi connectivity index (χ3v) is 4.69. The van der Waals surface area contributed by atoms with Crippen LogP contribution >= 0.6 is 11.8 Å². The highest BCUT2D eigenvalue weighted by atomic mass is 32.2. The third-order valence-electron chi connectivity index (χ3n) is 3.54. The van der Waals surface area contributed by atoms with Gasteiger partial charge in [0.05, 0.1) is 6.10 Å². The van der Waals surface area contributed by atoms with Gasteiger partial charge in [-0.2, -0.15) is 0 Å². The Hall–Kier alpha value is -0.550. The summed E-state index contributed by atoms with van der Waals surface area (Å²) in [5.41, 5.74) is 4.24. The van der Waals surface area contributed by atoms with Gasteiger partial charge in [0.2, 0.25) is 0 Å². The summed E-state index contributed by atoms with van der Waals surface area (Å²) in [6.07, 6.45) is 5.08. The van der Waals surface area contributed by atoms with E-state index in [1.54, 1.807) is 0 Å². The number of aryl methyl sites for hydroxylation is 1. The molecule has 3 nitrogen and oxygen atoms in total. The van der Waals surface area contributed by atoms with Crippen molar-refractivity contribution in [3.05, 3.63) is 29.8 Å². The van der Waals surface area contributed by atoms with Crippen LogP contribution in [0.2, 0.25) is 0 Å². The van der Waals surface area contributed by atoms with E-state index in [0.29, 0.717) is 12.1 Å². The fourth-order valence-corrected chi connectivity index (χ4v) is 3.48. The van der Waals surface area contributed by atoms with Crippen LogP contribution in [0, 0.1) is 6.92 Å². The summed E-state index contributed by atoms with van der Waals surface area (Å²) in [6.45, 7) is 3.06. The minimum atomic E-state index is 0.356. The molecule has 1 aromatic rings. The van der Waals surface area contributed by atoms with E-state index in [1.165, 1.54) is 23.3 Å². The monoisotopic (exact) mass is 280 g/mol. The Labute approximate surface area is 120 Å². The van der Waals surface area contributed by atoms with E-state index in [2.05, 4.69) is 36.6 Å². The van der Waals surface area contributed by atoms with Gasteiger partial charge in [-0.05, 0) is 44.7 Å². The predicted octanol–water partition coefficient (Wildman–Crippen LogP) is 2.88. The maximum atomic E-state index is 5.65. The maximum Gasteiger partial charge on any atom is 0.0576 e. The second-order valence-electron chi connectivity index (χ2n) is 5.20. The number of ether oxygens (including phenoxy) is 1. The fourth-order valence-electron chi connectivity index (χ4n) is 2.38. The Morgan fingerprint density at radius 3 is 3.11 bits per heavy atom. The second-order valence-corrected chi connectivity index (χ2v) is 6.30. The fraction of sp³-hybridized carbons (Fsp3) is 0.600. The SMILES string of the molecule is Cc1cccc(SCC(CCC2CCCO2)NN)c1. The van der Waals surface area contributed by atoms with Crippen molar-refractivity contribution in [3.8, 4) is 0 Å². The molecule has 1 saturated heterocycles. The van der Waals surface area contributed by atoms with E-state index in [0.717, 1.165) is 25.2 Å². The molecule has 19 heavy (non-hydrogen) atoms. The molecule has 1 aliphatic rings. The molecule has 4 heteroatoms. The molecule has 2 atom stereocenters. The van der Waals surface area contributed by atoms with Crippen LogP contribution in [0.5, 0.6) is 0 Å². The summed E-state index contributed by atoms with van der Waals surface area (Å²) >= 11 is 1.87. The van der Waals surface area contributed by atoms with Gasteiger partial charge in [0, 0.05) is 23.3 Å². The molecule has 3 N–H and O–H groups in total. The quantitative estimate of drug-likeness (QED) is 0.458. The minimum absolute atomic E-state index is 0.356. The van der Waals surface area contributed by atoms with Crippen LogP contribution in [0.3, 0.4) is 0 Å². The molecular weight excluding hydrogens is 256 g/mol. The smallest absolute Gasteiger partial charge is 0.0576 e. The Morgan fingerprint density at radius 2 is 2.42 bits per heavy atom. The number of hydrazine groups is 1. The molecule has 0 aromatic heterocycles. The summed E-state index contributed by atoms with van der Waals surface area (Å²) in [5.74, 6) is 6.65. The van der Waals surface area contributed by atoms with Crippen molar-refractivity contribution < 1.29 is 4.74 Å². The van der Waals surface area contributed by atoms with Gasteiger partial charge in [0.1, 0.15) is 0 Å². The van der Waals surface area contributed by atoms with Gasteiger partial charge in [0.25, 0.3) is 0 Å². The first-order valence-electron chi connectivity index (χ1n) is 7.05. The molecule has 0 saturated carbocycles. The first kappa shape index (κ1) is 14.9. The minimum Gasteiger partial charge on any atom is -0.378 e. The molecule has 1 aromatic carbocycles. The summed E-state index contributed by atoms with van der Waals surface area (Å²) in [4.78, 5) is 1.32. The van der Waals surface area contributed by atoms with E-state index < -0.39 is 0 Å². The summed E-state index contributed by atoms with van der Waals surface area (Å²) in [7, 11) is 0. The number of rotatable bonds is 7. The van der Waals surface area contributed by atoms with Crippen LogP contribution < -0.4 is 11.3 Å². The molecule has 0 spiro atoms. The molecule has 106 valence electrons. The van der Waals surface area contributed by atoms with E-state index in [1.807, 2.05) is 11.8 Å². The zero-order valence-corrected chi connectivity index (χ0v) is 12.4. The molecule has 2 unspecified atom stereocenters. The molecule has 1 aliphatic heterocycles. The molecule has 0 radical (unpaired) electrons. The lowest BCUT2D eigenvalue weighted by Gasteiger charge is -2.17. The van der Waals surface area contributed by atoms with Crippen molar-refractivity contribution in [2.24, 2.45) is 5.84 Å². The highest BCUT2D eigenvalue weighted by molar-refractivity contribution is 7.99. The van der Waals surface area contributed by atoms with Crippen LogP contribution in [0.1, 0.15) is 31.2 Å². The van der Waals surface area contributed by atoms with E-state index in [9.17, 15) is 0 Å². The lowest BCUT2D eigenvalue weighted by atomic mass is 10.1. The van der Waals surface area contributed by atoms with E-state index in [4.69, 9.17) is 10.6 Å². The van der Waals surface area contributed by atoms with Crippen molar-refractivity contribution >= 4 is 11.8 Å². The van der Waals surface area contributed by atoms with Gasteiger partial charge in [-0.25, -0.2) is 0 Å². The standard InChI is InChI=1S/C15H24N2OS/c1-12-4-2-6-15(10-12)19-11-13(17-16)7-8-14-5-3-9-18-14/h2,4,6,10,13-14,17H,3,5,7-9,11,16H2,1H3. The first-order chi connectivity index (χ1) is 9.28. The van der Waals surface area contributed by atoms with Crippen LogP contribution in [0.4, 0.5) is 0 Å². The second kappa shape index (κ2) is 7.90. The van der Waals surface area contributed by atoms with Crippen LogP contribution in [-0.4, -0.2) is 24.5 Å². The highest BCUT2D eigenvalue weighted by Gasteiger charge is 2.17. The van der Waals surface area contributed by atoms with Crippen molar-refractivity contribution in [3.63, 3.8) is 0 Å². The summed E-state index contributed by atoms with van der Waals surface area (Å²) in [6, 6.07) is 8.97. The number of hydrogen-bond acceptors (Lipinski definition) is 4. The number of benzene rings is 1. The van der Waals surface area contributed by atoms with Crippen molar-refractivity contribution in [1.82, 2.24) is 5.43 Å². The number of thioether (sulfide) groups is 1. The first-order valence-corrected chi connectivity index (χ1v) is 8.03. The van der Waals surface area contributed by atoms with E-state index in [-0.39, 0.29) is 0 Å². The summed E-state index contributed by atoms with van der Waals surface area (Å²) < 4.78 is 5.65. The number of nitrogens with one attached hydrogen (secondary N) is 1. The normalized spacial score (nSPS) is 20.6. The van der Waals surface area contributed by atoms with Gasteiger partial charge in [-0.1, -0.05) is 17.7 Å². The molecular formula is C15H24N2OS. The lowest BCUT2D eigenvalue weighted by Crippen LogP contribution is -2.37. The lowest BCUT2D eigenvalue weighted by molar-refractivity contribution is 0.100. The molecule has 0 aliphatic carbocycles. The molecule has 0 bridgehead atoms. The average Bonchev–Trinajstić information content (AvgIpc) is 2.92. The average molecular weight is 280 g/mol. The van der Waals surface area contributed by atoms with Crippen molar-refractivity contribution in [2.75, 3.05) is 12.4 Å². The van der Waals surface area contributed by atoms with Crippen molar-refractivity contribution in [1.29, 1.82) is 0 Å². The van der Waals surface area contributed by atoms with Crippen LogP contribution in [0.25, 0.3) is 0 Å². The Morgan fingerprint density at radius 1 is 1.53 bits per heavy atom. The van der Waals surface area contributed by atoms with E-state index >= 15 is 0 Å². The van der Waals surface area contributed by atoms with Crippen molar-refractivity contribution in [2.45, 2.75) is 49.6 Å². The summed E-state index contributed by atoms with van der Waals surface area (Å²) in [5, 5.41) is 0. The molecule has 2 rings (SSSR count). The van der Waals surface area contributed by atoms with Crippen LogP contribution in [-0.2, 0) is 4.74 Å². The number of hydrogen-bond donors (Lipinski definition) is 2. The zero-order valence-electron chi connectivity index (χ0n) is 11.6. The third kappa shape index (κ3) is 5.15. The van der Waals surface area contributed by atoms with Gasteiger partial charge >= 0.3 is 0 Å². The highest BCUT2D eigenvalue weighted by Crippen LogP contribution is 2.22. The molecule has 1 heterocycles. The largest absolute Gasteiger partial charge is 0.378 e. The molecule has 0 amide bonds. The van der Waals surface area contributed by atoms with Gasteiger partial charge < -0.3 is 4.74 Å². The van der Waals surface area contributed by atoms with Gasteiger partial charge in [0.15, 0.2) is 0 Å². The Kier molecular flexibility index (Phi) is 6.17. The number of nitrogens with two attached hydrogens (primary N) is 1. The van der Waals surface area contributed by atoms with Gasteiger partial charge in [-0.15, -0.1) is 11.8 Å². The zero-order chi connectivity index (χ0) is 13.5. The predicted molar refractivity (Wildman–Crippen MR) is 81.2 cm³/mol. The van der Waals surface area contributed by atoms with Crippen LogP contribution in [0.15, 0.2) is 29.2 Å². The topological polar surface area (TPSA) is 47.3 Å². The molecule has 1 fully saturated rings. The maximum absolute atomic E-state index is 5.65. The van der Waals surface area contributed by atoms with Gasteiger partial charge in [-0.3, -0.25) is 11.3 Å². The Bertz CT molecular complexity index is 380. The Balaban J connectivity index is 1.72.